The summed E-state index contributed by atoms with van der Waals surface area (Å²) in [4.78, 5) is 12.5. The second-order valence-corrected chi connectivity index (χ2v) is 8.23. The van der Waals surface area contributed by atoms with Gasteiger partial charge in [0.15, 0.2) is 5.78 Å². The fourth-order valence-electron chi connectivity index (χ4n) is 3.74. The van der Waals surface area contributed by atoms with E-state index in [1.54, 1.807) is 0 Å². The van der Waals surface area contributed by atoms with E-state index in [9.17, 15) is 14.3 Å². The third-order valence-electron chi connectivity index (χ3n) is 5.52. The maximum Gasteiger partial charge on any atom is 0.162 e. The number of halogens is 1. The van der Waals surface area contributed by atoms with Crippen LogP contribution in [0.25, 0.3) is 0 Å². The van der Waals surface area contributed by atoms with Crippen LogP contribution < -0.4 is 0 Å². The van der Waals surface area contributed by atoms with Crippen LogP contribution in [0.2, 0.25) is 0 Å². The molecule has 1 fully saturated rings. The summed E-state index contributed by atoms with van der Waals surface area (Å²) in [6, 6.07) is 0. The minimum Gasteiger partial charge on any atom is -0.512 e. The Morgan fingerprint density at radius 1 is 1.26 bits per heavy atom. The van der Waals surface area contributed by atoms with Crippen molar-refractivity contribution in [3.63, 3.8) is 0 Å². The van der Waals surface area contributed by atoms with Gasteiger partial charge in [0.2, 0.25) is 0 Å². The first kappa shape index (κ1) is 20.2. The van der Waals surface area contributed by atoms with E-state index in [-0.39, 0.29) is 29.3 Å². The lowest BCUT2D eigenvalue weighted by Crippen LogP contribution is -2.26. The predicted molar refractivity (Wildman–Crippen MR) is 94.3 cm³/mol. The van der Waals surface area contributed by atoms with Crippen molar-refractivity contribution in [1.29, 1.82) is 0 Å². The molecule has 2 unspecified atom stereocenters. The molecule has 0 aliphatic heterocycles. The molecule has 0 amide bonds. The SMILES string of the molecule is CCC(CC(C)(C)F)C(=O)C=C(O)C(C)(CC)CC1CCCC1. The third-order valence-corrected chi connectivity index (χ3v) is 5.52. The van der Waals surface area contributed by atoms with Crippen LogP contribution in [0.3, 0.4) is 0 Å². The zero-order valence-corrected chi connectivity index (χ0v) is 15.6. The number of ketones is 1. The Bertz CT molecular complexity index is 416. The molecule has 1 aliphatic rings. The highest BCUT2D eigenvalue weighted by atomic mass is 19.1. The Morgan fingerprint density at radius 2 is 1.83 bits per heavy atom. The largest absolute Gasteiger partial charge is 0.512 e. The quantitative estimate of drug-likeness (QED) is 0.407. The highest BCUT2D eigenvalue weighted by Crippen LogP contribution is 2.41. The van der Waals surface area contributed by atoms with Crippen molar-refractivity contribution in [2.75, 3.05) is 0 Å². The fourth-order valence-corrected chi connectivity index (χ4v) is 3.74. The van der Waals surface area contributed by atoms with E-state index in [0.29, 0.717) is 12.3 Å². The minimum absolute atomic E-state index is 0.137. The van der Waals surface area contributed by atoms with Crippen LogP contribution in [-0.2, 0) is 4.79 Å². The van der Waals surface area contributed by atoms with Crippen molar-refractivity contribution in [2.45, 2.75) is 91.7 Å². The highest BCUT2D eigenvalue weighted by Gasteiger charge is 2.33. The molecule has 3 heteroatoms. The summed E-state index contributed by atoms with van der Waals surface area (Å²) in [5, 5.41) is 10.6. The molecule has 0 saturated heterocycles. The molecule has 0 aromatic carbocycles. The molecule has 0 aromatic heterocycles. The summed E-state index contributed by atoms with van der Waals surface area (Å²) in [6.07, 6.45) is 8.94. The zero-order chi connectivity index (χ0) is 17.7. The molecule has 0 heterocycles. The molecule has 134 valence electrons. The number of hydrogen-bond donors (Lipinski definition) is 1. The average molecular weight is 326 g/mol. The molecule has 23 heavy (non-hydrogen) atoms. The second-order valence-electron chi connectivity index (χ2n) is 8.23. The molecule has 2 atom stereocenters. The van der Waals surface area contributed by atoms with E-state index in [1.165, 1.54) is 45.6 Å². The molecule has 1 rings (SSSR count). The van der Waals surface area contributed by atoms with Crippen molar-refractivity contribution >= 4 is 5.78 Å². The number of carbonyl (C=O) groups is 1. The maximum atomic E-state index is 13.9. The topological polar surface area (TPSA) is 37.3 Å². The van der Waals surface area contributed by atoms with Gasteiger partial charge >= 0.3 is 0 Å². The van der Waals surface area contributed by atoms with Gasteiger partial charge in [0.25, 0.3) is 0 Å². The van der Waals surface area contributed by atoms with Crippen LogP contribution in [0.15, 0.2) is 11.8 Å². The van der Waals surface area contributed by atoms with Gasteiger partial charge in [-0.1, -0.05) is 46.5 Å². The summed E-state index contributed by atoms with van der Waals surface area (Å²) in [6.45, 7) is 9.01. The number of aliphatic hydroxyl groups excluding tert-OH is 1. The monoisotopic (exact) mass is 326 g/mol. The number of allylic oxidation sites excluding steroid dienone is 2. The lowest BCUT2D eigenvalue weighted by atomic mass is 9.75. The van der Waals surface area contributed by atoms with Crippen LogP contribution in [0.1, 0.15) is 86.0 Å². The lowest BCUT2D eigenvalue weighted by Gasteiger charge is -2.31. The highest BCUT2D eigenvalue weighted by molar-refractivity contribution is 5.92. The molecule has 0 radical (unpaired) electrons. The van der Waals surface area contributed by atoms with E-state index >= 15 is 0 Å². The number of aliphatic hydroxyl groups is 1. The van der Waals surface area contributed by atoms with Gasteiger partial charge in [-0.05, 0) is 45.4 Å². The average Bonchev–Trinajstić information content (AvgIpc) is 2.96. The molecular weight excluding hydrogens is 291 g/mol. The smallest absolute Gasteiger partial charge is 0.162 e. The summed E-state index contributed by atoms with van der Waals surface area (Å²) in [5.41, 5.74) is -1.70. The lowest BCUT2D eigenvalue weighted by molar-refractivity contribution is -0.119. The molecule has 1 aliphatic carbocycles. The van der Waals surface area contributed by atoms with Gasteiger partial charge in [-0.3, -0.25) is 4.79 Å². The molecule has 0 spiro atoms. The van der Waals surface area contributed by atoms with Gasteiger partial charge in [0.1, 0.15) is 11.4 Å². The normalized spacial score (nSPS) is 21.2. The van der Waals surface area contributed by atoms with E-state index in [4.69, 9.17) is 0 Å². The van der Waals surface area contributed by atoms with Crippen molar-refractivity contribution in [2.24, 2.45) is 17.3 Å². The van der Waals surface area contributed by atoms with Crippen LogP contribution >= 0.6 is 0 Å². The summed E-state index contributed by atoms with van der Waals surface area (Å²) in [7, 11) is 0. The van der Waals surface area contributed by atoms with E-state index < -0.39 is 5.67 Å². The van der Waals surface area contributed by atoms with Crippen LogP contribution in [-0.4, -0.2) is 16.6 Å². The Kier molecular flexibility index (Phi) is 7.29. The Hall–Kier alpha value is -0.860. The third kappa shape index (κ3) is 6.27. The second kappa shape index (κ2) is 8.30. The number of rotatable bonds is 9. The zero-order valence-electron chi connectivity index (χ0n) is 15.6. The van der Waals surface area contributed by atoms with Crippen molar-refractivity contribution in [3.05, 3.63) is 11.8 Å². The molecule has 1 saturated carbocycles. The number of carbonyl (C=O) groups excluding carboxylic acids is 1. The van der Waals surface area contributed by atoms with Crippen molar-refractivity contribution < 1.29 is 14.3 Å². The molecule has 1 N–H and O–H groups in total. The molecule has 2 nitrogen and oxygen atoms in total. The Labute approximate surface area is 141 Å². The molecule has 0 bridgehead atoms. The van der Waals surface area contributed by atoms with Gasteiger partial charge in [-0.25, -0.2) is 4.39 Å². The number of alkyl halides is 1. The fraction of sp³-hybridized carbons (Fsp3) is 0.850. The van der Waals surface area contributed by atoms with Gasteiger partial charge in [0.05, 0.1) is 0 Å². The number of hydrogen-bond acceptors (Lipinski definition) is 2. The maximum absolute atomic E-state index is 13.9. The summed E-state index contributed by atoms with van der Waals surface area (Å²) < 4.78 is 13.9. The van der Waals surface area contributed by atoms with Crippen molar-refractivity contribution in [3.8, 4) is 0 Å². The van der Waals surface area contributed by atoms with E-state index in [1.807, 2.05) is 13.8 Å². The molecular formula is C20H35FO2. The van der Waals surface area contributed by atoms with Gasteiger partial charge in [0, 0.05) is 17.4 Å². The van der Waals surface area contributed by atoms with Crippen LogP contribution in [0.5, 0.6) is 0 Å². The summed E-state index contributed by atoms with van der Waals surface area (Å²) in [5.74, 6) is 0.343. The molecule has 0 aromatic rings. The van der Waals surface area contributed by atoms with Crippen LogP contribution in [0.4, 0.5) is 4.39 Å². The van der Waals surface area contributed by atoms with Gasteiger partial charge in [-0.15, -0.1) is 0 Å². The first-order valence-corrected chi connectivity index (χ1v) is 9.25. The first-order chi connectivity index (χ1) is 10.6. The minimum atomic E-state index is -1.36. The van der Waals surface area contributed by atoms with Crippen LogP contribution in [0, 0.1) is 17.3 Å². The van der Waals surface area contributed by atoms with Crippen molar-refractivity contribution in [1.82, 2.24) is 0 Å². The standard InChI is InChI=1S/C20H35FO2/c1-6-16(14-19(3,4)21)17(22)12-18(23)20(5,7-2)13-15-10-8-9-11-15/h12,15-16,23H,6-11,13-14H2,1-5H3. The van der Waals surface area contributed by atoms with Gasteiger partial charge in [-0.2, -0.15) is 0 Å². The van der Waals surface area contributed by atoms with E-state index in [2.05, 4.69) is 6.92 Å². The van der Waals surface area contributed by atoms with E-state index in [0.717, 1.165) is 12.8 Å². The Morgan fingerprint density at radius 3 is 2.26 bits per heavy atom. The first-order valence-electron chi connectivity index (χ1n) is 9.25. The predicted octanol–water partition coefficient (Wildman–Crippen LogP) is 6.16. The Balaban J connectivity index is 2.82. The van der Waals surface area contributed by atoms with Gasteiger partial charge < -0.3 is 5.11 Å². The summed E-state index contributed by atoms with van der Waals surface area (Å²) >= 11 is 0.